The summed E-state index contributed by atoms with van der Waals surface area (Å²) in [7, 11) is -4.22. The summed E-state index contributed by atoms with van der Waals surface area (Å²) in [6.45, 7) is 1.86. The highest BCUT2D eigenvalue weighted by Gasteiger charge is 2.22. The van der Waals surface area contributed by atoms with Crippen molar-refractivity contribution >= 4 is 33.4 Å². The molecule has 2 amide bonds. The average Bonchev–Trinajstić information content (AvgIpc) is 3.19. The molecule has 192 valence electrons. The van der Waals surface area contributed by atoms with Crippen LogP contribution in [0, 0.1) is 6.92 Å². The number of rotatable bonds is 12. The third-order valence-corrected chi connectivity index (χ3v) is 6.64. The monoisotopic (exact) mass is 532 g/mol. The first-order valence-electron chi connectivity index (χ1n) is 11.1. The van der Waals surface area contributed by atoms with E-state index in [0.717, 1.165) is 24.0 Å². The van der Waals surface area contributed by atoms with Crippen molar-refractivity contribution in [3.05, 3.63) is 81.3 Å². The smallest absolute Gasteiger partial charge is 0.299 e. The van der Waals surface area contributed by atoms with Crippen LogP contribution in [0.15, 0.2) is 54.6 Å². The molecule has 0 saturated carbocycles. The van der Waals surface area contributed by atoms with Gasteiger partial charge in [0, 0.05) is 11.4 Å². The number of hydrogen-bond acceptors (Lipinski definition) is 8. The van der Waals surface area contributed by atoms with Gasteiger partial charge >= 0.3 is 0 Å². The van der Waals surface area contributed by atoms with Gasteiger partial charge in [-0.2, -0.15) is 8.42 Å². The van der Waals surface area contributed by atoms with Crippen LogP contribution in [0.5, 0.6) is 5.75 Å². The van der Waals surface area contributed by atoms with E-state index in [4.69, 9.17) is 15.0 Å². The van der Waals surface area contributed by atoms with Crippen molar-refractivity contribution < 1.29 is 27.9 Å². The first kappa shape index (κ1) is 27.3. The molecule has 1 aromatic heterocycles. The summed E-state index contributed by atoms with van der Waals surface area (Å²) in [4.78, 5) is 31.9. The van der Waals surface area contributed by atoms with Crippen molar-refractivity contribution in [3.63, 3.8) is 0 Å². The lowest BCUT2D eigenvalue weighted by molar-refractivity contribution is -0.131. The molecule has 3 aromatic rings. The summed E-state index contributed by atoms with van der Waals surface area (Å²) in [5, 5.41) is 14.3. The molecular weight excluding hydrogens is 504 g/mol. The third kappa shape index (κ3) is 8.41. The minimum atomic E-state index is -4.22. The van der Waals surface area contributed by atoms with E-state index in [-0.39, 0.29) is 24.6 Å². The Kier molecular flexibility index (Phi) is 9.53. The molecule has 0 atom stereocenters. The van der Waals surface area contributed by atoms with Crippen LogP contribution < -0.4 is 14.6 Å². The van der Waals surface area contributed by atoms with Crippen LogP contribution in [0.1, 0.15) is 37.9 Å². The average molecular weight is 533 g/mol. The molecule has 10 nitrogen and oxygen atoms in total. The summed E-state index contributed by atoms with van der Waals surface area (Å²) >= 11 is 1.22. The number of aryl methyl sites for hydroxylation is 2. The van der Waals surface area contributed by atoms with E-state index in [0.29, 0.717) is 22.2 Å². The lowest BCUT2D eigenvalue weighted by Crippen LogP contribution is -2.36. The van der Waals surface area contributed by atoms with E-state index >= 15 is 0 Å². The molecule has 2 aromatic carbocycles. The molecule has 0 spiro atoms. The second-order valence-electron chi connectivity index (χ2n) is 7.99. The minimum Gasteiger partial charge on any atom is -0.468 e. The van der Waals surface area contributed by atoms with Crippen molar-refractivity contribution in [2.75, 3.05) is 13.3 Å². The number of aromatic nitrogens is 1. The molecule has 36 heavy (non-hydrogen) atoms. The van der Waals surface area contributed by atoms with Gasteiger partial charge in [0.1, 0.15) is 16.5 Å². The summed E-state index contributed by atoms with van der Waals surface area (Å²) in [5.74, 6) is -0.538. The number of aliphatic hydroxyl groups excluding tert-OH is 1. The molecule has 1 heterocycles. The van der Waals surface area contributed by atoms with Crippen molar-refractivity contribution in [2.45, 2.75) is 32.7 Å². The highest BCUT2D eigenvalue weighted by molar-refractivity contribution is 7.87. The van der Waals surface area contributed by atoms with Gasteiger partial charge in [-0.25, -0.2) is 14.8 Å². The number of ether oxygens (including phenoxy) is 1. The van der Waals surface area contributed by atoms with Crippen molar-refractivity contribution in [1.82, 2.24) is 14.6 Å². The predicted octanol–water partition coefficient (Wildman–Crippen LogP) is 1.92. The van der Waals surface area contributed by atoms with Crippen LogP contribution in [0.2, 0.25) is 0 Å². The van der Waals surface area contributed by atoms with Gasteiger partial charge in [-0.1, -0.05) is 42.5 Å². The molecule has 0 radical (unpaired) electrons. The highest BCUT2D eigenvalue weighted by atomic mass is 32.2. The van der Waals surface area contributed by atoms with Gasteiger partial charge in [-0.3, -0.25) is 9.59 Å². The van der Waals surface area contributed by atoms with E-state index in [2.05, 4.69) is 4.98 Å². The molecule has 0 saturated heterocycles. The van der Waals surface area contributed by atoms with Crippen molar-refractivity contribution in [2.24, 2.45) is 5.14 Å². The summed E-state index contributed by atoms with van der Waals surface area (Å²) < 4.78 is 29.2. The zero-order valence-electron chi connectivity index (χ0n) is 19.7. The van der Waals surface area contributed by atoms with Crippen molar-refractivity contribution in [3.8, 4) is 5.75 Å². The Morgan fingerprint density at radius 3 is 2.44 bits per heavy atom. The summed E-state index contributed by atoms with van der Waals surface area (Å²) in [6, 6.07) is 16.8. The fourth-order valence-corrected chi connectivity index (χ4v) is 4.85. The number of benzene rings is 2. The number of carbonyl (C=O) groups excluding carboxylic acids is 2. The van der Waals surface area contributed by atoms with Gasteiger partial charge in [0.15, 0.2) is 6.79 Å². The molecular formula is C24H28N4O6S2. The van der Waals surface area contributed by atoms with Crippen LogP contribution >= 0.6 is 11.3 Å². The molecule has 0 aliphatic heterocycles. The fourth-order valence-electron chi connectivity index (χ4n) is 3.55. The maximum absolute atomic E-state index is 13.2. The lowest BCUT2D eigenvalue weighted by Gasteiger charge is -2.22. The summed E-state index contributed by atoms with van der Waals surface area (Å²) in [6.07, 6.45) is 1.66. The Hall–Kier alpha value is -3.32. The largest absolute Gasteiger partial charge is 0.468 e. The maximum atomic E-state index is 13.2. The van der Waals surface area contributed by atoms with E-state index in [1.165, 1.54) is 11.3 Å². The molecule has 0 bridgehead atoms. The number of nitrogens with one attached hydrogen (secondary N) is 1. The molecule has 0 unspecified atom stereocenters. The predicted molar refractivity (Wildman–Crippen MR) is 135 cm³/mol. The van der Waals surface area contributed by atoms with Gasteiger partial charge in [0.05, 0.1) is 13.0 Å². The normalized spacial score (nSPS) is 11.2. The Bertz CT molecular complexity index is 1280. The van der Waals surface area contributed by atoms with Crippen LogP contribution in [0.25, 0.3) is 0 Å². The van der Waals surface area contributed by atoms with E-state index in [1.807, 2.05) is 30.3 Å². The Morgan fingerprint density at radius 2 is 1.81 bits per heavy atom. The number of nitrogens with zero attached hydrogens (tertiary/aromatic N) is 2. The number of aliphatic hydroxyl groups is 1. The zero-order valence-corrected chi connectivity index (χ0v) is 21.3. The highest BCUT2D eigenvalue weighted by Crippen LogP contribution is 2.21. The Morgan fingerprint density at radius 1 is 1.11 bits per heavy atom. The maximum Gasteiger partial charge on any atom is 0.299 e. The SMILES string of the molecule is Cc1sc(CN(CCCc2ccccc2)C(=O)Cc2ccc(OCO)cc2)nc1C(=O)NS(N)(=O)=O. The fraction of sp³-hybridized carbons (Fsp3) is 0.292. The van der Waals surface area contributed by atoms with E-state index in [9.17, 15) is 18.0 Å². The van der Waals surface area contributed by atoms with Crippen molar-refractivity contribution in [1.29, 1.82) is 0 Å². The third-order valence-electron chi connectivity index (χ3n) is 5.22. The first-order valence-corrected chi connectivity index (χ1v) is 13.5. The van der Waals surface area contributed by atoms with Gasteiger partial charge in [-0.15, -0.1) is 11.3 Å². The number of carbonyl (C=O) groups is 2. The number of amides is 2. The molecule has 0 fully saturated rings. The minimum absolute atomic E-state index is 0.0415. The number of thiazole rings is 1. The zero-order chi connectivity index (χ0) is 26.1. The second kappa shape index (κ2) is 12.6. The molecule has 12 heteroatoms. The Balaban J connectivity index is 1.73. The van der Waals surface area contributed by atoms with Gasteiger partial charge in [0.25, 0.3) is 16.1 Å². The van der Waals surface area contributed by atoms with Crippen LogP contribution in [-0.2, 0) is 34.4 Å². The molecule has 3 rings (SSSR count). The second-order valence-corrected chi connectivity index (χ2v) is 10.6. The molecule has 0 aliphatic carbocycles. The number of hydrogen-bond donors (Lipinski definition) is 3. The topological polar surface area (TPSA) is 152 Å². The standard InChI is InChI=1S/C24H28N4O6S2/c1-17-23(24(31)27-36(25,32)33)26-21(35-17)15-28(13-5-8-18-6-3-2-4-7-18)22(30)14-19-9-11-20(12-10-19)34-16-29/h2-4,6-7,9-12,29H,5,8,13-16H2,1H3,(H,27,31)(H2,25,32,33). The molecule has 0 aliphatic rings. The van der Waals surface area contributed by atoms with Crippen LogP contribution in [-0.4, -0.2) is 48.6 Å². The summed E-state index contributed by atoms with van der Waals surface area (Å²) in [5.41, 5.74) is 1.90. The lowest BCUT2D eigenvalue weighted by atomic mass is 10.1. The van der Waals surface area contributed by atoms with Crippen LogP contribution in [0.3, 0.4) is 0 Å². The van der Waals surface area contributed by atoms with Gasteiger partial charge in [0.2, 0.25) is 5.91 Å². The first-order chi connectivity index (χ1) is 17.1. The molecule has 4 N–H and O–H groups in total. The quantitative estimate of drug-likeness (QED) is 0.301. The number of nitrogens with two attached hydrogens (primary N) is 1. The Labute approximate surface area is 213 Å². The van der Waals surface area contributed by atoms with E-state index in [1.54, 1.807) is 40.8 Å². The van der Waals surface area contributed by atoms with E-state index < -0.39 is 22.9 Å². The van der Waals surface area contributed by atoms with Crippen LogP contribution in [0.4, 0.5) is 0 Å². The van der Waals surface area contributed by atoms with Gasteiger partial charge < -0.3 is 14.7 Å². The van der Waals surface area contributed by atoms with Gasteiger partial charge in [-0.05, 0) is 43.0 Å².